The van der Waals surface area contributed by atoms with Crippen molar-refractivity contribution in [3.8, 4) is 0 Å². The predicted molar refractivity (Wildman–Crippen MR) is 120 cm³/mol. The fourth-order valence-electron chi connectivity index (χ4n) is 3.57. The van der Waals surface area contributed by atoms with Crippen molar-refractivity contribution in [1.29, 1.82) is 0 Å². The Balaban J connectivity index is 0.00000261. The molecular formula is C21H30IN3O2. The first kappa shape index (κ1) is 21.8. The second-order valence-corrected chi connectivity index (χ2v) is 7.21. The first-order valence-corrected chi connectivity index (χ1v) is 9.36. The summed E-state index contributed by atoms with van der Waals surface area (Å²) in [5, 5.41) is 14.0. The van der Waals surface area contributed by atoms with Crippen molar-refractivity contribution in [3.63, 3.8) is 0 Å². The molecule has 1 aliphatic rings. The minimum atomic E-state index is -1.11. The van der Waals surface area contributed by atoms with E-state index in [9.17, 15) is 5.11 Å². The van der Waals surface area contributed by atoms with Crippen LogP contribution in [0.1, 0.15) is 43.1 Å². The monoisotopic (exact) mass is 483 g/mol. The third-order valence-corrected chi connectivity index (χ3v) is 5.04. The fourth-order valence-corrected chi connectivity index (χ4v) is 3.57. The summed E-state index contributed by atoms with van der Waals surface area (Å²) < 4.78 is 5.35. The van der Waals surface area contributed by atoms with Crippen LogP contribution in [0.15, 0.2) is 52.1 Å². The third-order valence-electron chi connectivity index (χ3n) is 5.04. The highest BCUT2D eigenvalue weighted by molar-refractivity contribution is 14.0. The van der Waals surface area contributed by atoms with Crippen molar-refractivity contribution < 1.29 is 9.52 Å². The normalized spacial score (nSPS) is 19.5. The molecule has 1 aromatic heterocycles. The van der Waals surface area contributed by atoms with Gasteiger partial charge in [-0.25, -0.2) is 4.99 Å². The molecule has 5 nitrogen and oxygen atoms in total. The Morgan fingerprint density at radius 2 is 2.11 bits per heavy atom. The highest BCUT2D eigenvalue weighted by atomic mass is 127. The van der Waals surface area contributed by atoms with Crippen LogP contribution in [0, 0.1) is 6.92 Å². The van der Waals surface area contributed by atoms with Crippen molar-refractivity contribution in [2.75, 3.05) is 26.2 Å². The molecule has 148 valence electrons. The molecule has 1 aromatic carbocycles. The van der Waals surface area contributed by atoms with E-state index in [2.05, 4.69) is 48.3 Å². The second-order valence-electron chi connectivity index (χ2n) is 7.21. The first-order valence-electron chi connectivity index (χ1n) is 9.36. The number of guanidine groups is 1. The number of nitrogens with zero attached hydrogens (tertiary/aromatic N) is 2. The number of rotatable bonds is 5. The van der Waals surface area contributed by atoms with Crippen LogP contribution < -0.4 is 5.32 Å². The number of aliphatic hydroxyl groups is 1. The van der Waals surface area contributed by atoms with Gasteiger partial charge in [0.05, 0.1) is 12.8 Å². The molecule has 6 heteroatoms. The summed E-state index contributed by atoms with van der Waals surface area (Å²) in [5.74, 6) is 1.91. The molecule has 2 aromatic rings. The SMILES string of the molecule is CCNC(=NCC(C)(O)c1ccco1)N1CCC(c2ccccc2C)C1.I. The van der Waals surface area contributed by atoms with Crippen LogP contribution in [0.2, 0.25) is 0 Å². The van der Waals surface area contributed by atoms with E-state index < -0.39 is 5.60 Å². The number of benzene rings is 1. The van der Waals surface area contributed by atoms with Crippen LogP contribution >= 0.6 is 24.0 Å². The Labute approximate surface area is 178 Å². The molecule has 2 atom stereocenters. The molecule has 2 N–H and O–H groups in total. The summed E-state index contributed by atoms with van der Waals surface area (Å²) >= 11 is 0. The van der Waals surface area contributed by atoms with Gasteiger partial charge < -0.3 is 19.7 Å². The van der Waals surface area contributed by atoms with Gasteiger partial charge in [0, 0.05) is 25.6 Å². The topological polar surface area (TPSA) is 61.0 Å². The van der Waals surface area contributed by atoms with E-state index in [0.717, 1.165) is 32.0 Å². The van der Waals surface area contributed by atoms with Gasteiger partial charge in [-0.1, -0.05) is 24.3 Å². The number of aliphatic imine (C=N–C) groups is 1. The lowest BCUT2D eigenvalue weighted by molar-refractivity contribution is 0.0435. The zero-order valence-corrected chi connectivity index (χ0v) is 18.6. The molecule has 3 rings (SSSR count). The Kier molecular flexibility index (Phi) is 7.73. The van der Waals surface area contributed by atoms with Gasteiger partial charge in [0.15, 0.2) is 5.96 Å². The Bertz CT molecular complexity index is 744. The zero-order chi connectivity index (χ0) is 18.6. The third kappa shape index (κ3) is 5.25. The Morgan fingerprint density at radius 3 is 2.78 bits per heavy atom. The maximum atomic E-state index is 10.7. The molecule has 2 heterocycles. The van der Waals surface area contributed by atoms with Gasteiger partial charge in [0.2, 0.25) is 0 Å². The van der Waals surface area contributed by atoms with Gasteiger partial charge in [0.25, 0.3) is 0 Å². The van der Waals surface area contributed by atoms with Gasteiger partial charge in [-0.05, 0) is 50.5 Å². The molecule has 0 radical (unpaired) electrons. The van der Waals surface area contributed by atoms with E-state index in [1.165, 1.54) is 11.1 Å². The first-order chi connectivity index (χ1) is 12.5. The summed E-state index contributed by atoms with van der Waals surface area (Å²) in [7, 11) is 0. The lowest BCUT2D eigenvalue weighted by atomic mass is 9.94. The van der Waals surface area contributed by atoms with Crippen molar-refractivity contribution >= 4 is 29.9 Å². The zero-order valence-electron chi connectivity index (χ0n) is 16.3. The Hall–Kier alpha value is -1.54. The molecule has 1 saturated heterocycles. The van der Waals surface area contributed by atoms with Gasteiger partial charge >= 0.3 is 0 Å². The molecule has 1 aliphatic heterocycles. The van der Waals surface area contributed by atoms with Gasteiger partial charge in [-0.3, -0.25) is 0 Å². The average Bonchev–Trinajstić information content (AvgIpc) is 3.31. The van der Waals surface area contributed by atoms with E-state index in [4.69, 9.17) is 9.41 Å². The molecule has 1 fully saturated rings. The molecule has 0 spiro atoms. The number of furan rings is 1. The number of hydrogen-bond acceptors (Lipinski definition) is 3. The van der Waals surface area contributed by atoms with Gasteiger partial charge in [-0.15, -0.1) is 24.0 Å². The van der Waals surface area contributed by atoms with E-state index in [1.54, 1.807) is 25.3 Å². The number of hydrogen-bond donors (Lipinski definition) is 2. The minimum Gasteiger partial charge on any atom is -0.466 e. The number of nitrogens with one attached hydrogen (secondary N) is 1. The van der Waals surface area contributed by atoms with E-state index in [0.29, 0.717) is 11.7 Å². The van der Waals surface area contributed by atoms with E-state index >= 15 is 0 Å². The molecule has 0 saturated carbocycles. The molecule has 0 amide bonds. The quantitative estimate of drug-likeness (QED) is 0.385. The summed E-state index contributed by atoms with van der Waals surface area (Å²) in [4.78, 5) is 6.99. The summed E-state index contributed by atoms with van der Waals surface area (Å²) in [6, 6.07) is 12.2. The summed E-state index contributed by atoms with van der Waals surface area (Å²) in [5.41, 5.74) is 1.66. The van der Waals surface area contributed by atoms with Crippen LogP contribution in [-0.4, -0.2) is 42.1 Å². The lowest BCUT2D eigenvalue weighted by Crippen LogP contribution is -2.41. The van der Waals surface area contributed by atoms with Crippen molar-refractivity contribution in [2.45, 2.75) is 38.7 Å². The molecule has 0 bridgehead atoms. The van der Waals surface area contributed by atoms with Crippen molar-refractivity contribution in [3.05, 3.63) is 59.5 Å². The lowest BCUT2D eigenvalue weighted by Gasteiger charge is -2.24. The molecular weight excluding hydrogens is 453 g/mol. The number of likely N-dealkylation sites (tertiary alicyclic amines) is 1. The minimum absolute atomic E-state index is 0. The largest absolute Gasteiger partial charge is 0.466 e. The van der Waals surface area contributed by atoms with Crippen molar-refractivity contribution in [1.82, 2.24) is 10.2 Å². The maximum absolute atomic E-state index is 10.7. The van der Waals surface area contributed by atoms with E-state index in [-0.39, 0.29) is 30.5 Å². The molecule has 0 aliphatic carbocycles. The standard InChI is InChI=1S/C21H29N3O2.HI/c1-4-22-20(23-15-21(3,25)19-10-7-13-26-19)24-12-11-17(14-24)18-9-6-5-8-16(18)2;/h5-10,13,17,25H,4,11-12,14-15H2,1-3H3,(H,22,23);1H. The van der Waals surface area contributed by atoms with Crippen LogP contribution in [0.5, 0.6) is 0 Å². The second kappa shape index (κ2) is 9.59. The smallest absolute Gasteiger partial charge is 0.194 e. The highest BCUT2D eigenvalue weighted by Crippen LogP contribution is 2.29. The van der Waals surface area contributed by atoms with Crippen molar-refractivity contribution in [2.24, 2.45) is 4.99 Å². The average molecular weight is 483 g/mol. The maximum Gasteiger partial charge on any atom is 0.194 e. The summed E-state index contributed by atoms with van der Waals surface area (Å²) in [6.45, 7) is 8.95. The fraction of sp³-hybridized carbons (Fsp3) is 0.476. The van der Waals surface area contributed by atoms with Crippen LogP contribution in [0.4, 0.5) is 0 Å². The van der Waals surface area contributed by atoms with Gasteiger partial charge in [-0.2, -0.15) is 0 Å². The van der Waals surface area contributed by atoms with E-state index in [1.807, 2.05) is 0 Å². The molecule has 27 heavy (non-hydrogen) atoms. The highest BCUT2D eigenvalue weighted by Gasteiger charge is 2.29. The summed E-state index contributed by atoms with van der Waals surface area (Å²) in [6.07, 6.45) is 2.69. The van der Waals surface area contributed by atoms with Crippen LogP contribution in [-0.2, 0) is 5.60 Å². The van der Waals surface area contributed by atoms with Crippen LogP contribution in [0.25, 0.3) is 0 Å². The van der Waals surface area contributed by atoms with Gasteiger partial charge in [0.1, 0.15) is 11.4 Å². The molecule has 2 unspecified atom stereocenters. The number of halogens is 1. The predicted octanol–water partition coefficient (Wildman–Crippen LogP) is 3.87. The number of aryl methyl sites for hydroxylation is 1. The van der Waals surface area contributed by atoms with Crippen LogP contribution in [0.3, 0.4) is 0 Å². The Morgan fingerprint density at radius 1 is 1.33 bits per heavy atom.